The first-order chi connectivity index (χ1) is 9.58. The highest BCUT2D eigenvalue weighted by atomic mass is 16.5. The van der Waals surface area contributed by atoms with E-state index in [0.717, 1.165) is 5.56 Å². The maximum absolute atomic E-state index is 11.6. The number of hydrogen-bond donors (Lipinski definition) is 2. The zero-order valence-corrected chi connectivity index (χ0v) is 12.2. The van der Waals surface area contributed by atoms with E-state index >= 15 is 0 Å². The maximum atomic E-state index is 11.6. The minimum Gasteiger partial charge on any atom is -0.504 e. The molecule has 0 heterocycles. The summed E-state index contributed by atoms with van der Waals surface area (Å²) in [5.74, 6) is 0.467. The van der Waals surface area contributed by atoms with Crippen molar-refractivity contribution in [1.29, 1.82) is 0 Å². The summed E-state index contributed by atoms with van der Waals surface area (Å²) in [6, 6.07) is 5.30. The number of likely N-dealkylation sites (N-methyl/N-ethyl adjacent to an activating group) is 1. The Morgan fingerprint density at radius 2 is 2.15 bits per heavy atom. The molecule has 0 bridgehead atoms. The van der Waals surface area contributed by atoms with Crippen molar-refractivity contribution in [2.75, 3.05) is 41.0 Å². The van der Waals surface area contributed by atoms with Gasteiger partial charge in [-0.25, -0.2) is 0 Å². The van der Waals surface area contributed by atoms with E-state index in [1.54, 1.807) is 25.3 Å². The van der Waals surface area contributed by atoms with E-state index in [-0.39, 0.29) is 18.2 Å². The van der Waals surface area contributed by atoms with E-state index in [1.807, 2.05) is 11.9 Å². The van der Waals surface area contributed by atoms with E-state index in [2.05, 4.69) is 5.32 Å². The molecule has 112 valence electrons. The first kappa shape index (κ1) is 16.3. The number of aromatic hydroxyl groups is 1. The molecule has 0 saturated carbocycles. The maximum Gasteiger partial charge on any atom is 0.234 e. The van der Waals surface area contributed by atoms with E-state index < -0.39 is 0 Å². The molecule has 1 rings (SSSR count). The minimum absolute atomic E-state index is 0.0769. The summed E-state index contributed by atoms with van der Waals surface area (Å²) in [6.07, 6.45) is 0. The molecule has 0 atom stereocenters. The van der Waals surface area contributed by atoms with Crippen LogP contribution in [0.25, 0.3) is 0 Å². The Kier molecular flexibility index (Phi) is 6.83. The molecular weight excluding hydrogens is 260 g/mol. The van der Waals surface area contributed by atoms with E-state index in [1.165, 1.54) is 7.11 Å². The molecule has 0 fully saturated rings. The van der Waals surface area contributed by atoms with Crippen molar-refractivity contribution in [1.82, 2.24) is 10.2 Å². The zero-order valence-electron chi connectivity index (χ0n) is 12.2. The van der Waals surface area contributed by atoms with Gasteiger partial charge in [0, 0.05) is 25.8 Å². The lowest BCUT2D eigenvalue weighted by Crippen LogP contribution is -2.36. The fourth-order valence-electron chi connectivity index (χ4n) is 1.80. The van der Waals surface area contributed by atoms with Crippen LogP contribution in [0, 0.1) is 0 Å². The molecule has 1 aromatic rings. The van der Waals surface area contributed by atoms with Crippen molar-refractivity contribution in [3.05, 3.63) is 23.8 Å². The van der Waals surface area contributed by atoms with Gasteiger partial charge in [0.15, 0.2) is 11.5 Å². The Hall–Kier alpha value is -1.79. The van der Waals surface area contributed by atoms with E-state index in [4.69, 9.17) is 9.47 Å². The summed E-state index contributed by atoms with van der Waals surface area (Å²) in [7, 11) is 4.91. The molecule has 0 aliphatic heterocycles. The highest BCUT2D eigenvalue weighted by Gasteiger charge is 2.11. The van der Waals surface area contributed by atoms with Crippen molar-refractivity contribution >= 4 is 5.91 Å². The predicted octanol–water partition coefficient (Wildman–Crippen LogP) is 0.595. The van der Waals surface area contributed by atoms with Gasteiger partial charge in [-0.05, 0) is 13.1 Å². The normalized spacial score (nSPS) is 10.6. The predicted molar refractivity (Wildman–Crippen MR) is 75.9 cm³/mol. The molecule has 0 aliphatic carbocycles. The van der Waals surface area contributed by atoms with Crippen molar-refractivity contribution in [3.63, 3.8) is 0 Å². The molecule has 2 N–H and O–H groups in total. The average Bonchev–Trinajstić information content (AvgIpc) is 2.41. The first-order valence-electron chi connectivity index (χ1n) is 6.37. The summed E-state index contributed by atoms with van der Waals surface area (Å²) in [5, 5.41) is 12.7. The number of amides is 1. The second kappa shape index (κ2) is 8.39. The minimum atomic E-state index is -0.0769. The summed E-state index contributed by atoms with van der Waals surface area (Å²) in [6.45, 7) is 1.70. The zero-order chi connectivity index (χ0) is 15.0. The number of rotatable bonds is 8. The highest BCUT2D eigenvalue weighted by molar-refractivity contribution is 5.77. The third-order valence-electron chi connectivity index (χ3n) is 2.78. The number of benzene rings is 1. The van der Waals surface area contributed by atoms with Crippen molar-refractivity contribution in [2.24, 2.45) is 0 Å². The van der Waals surface area contributed by atoms with Crippen molar-refractivity contribution < 1.29 is 19.4 Å². The van der Waals surface area contributed by atoms with Gasteiger partial charge in [-0.2, -0.15) is 0 Å². The number of carbonyl (C=O) groups is 1. The fraction of sp³-hybridized carbons (Fsp3) is 0.500. The van der Waals surface area contributed by atoms with Gasteiger partial charge in [0.25, 0.3) is 0 Å². The van der Waals surface area contributed by atoms with Crippen molar-refractivity contribution in [2.45, 2.75) is 6.54 Å². The quantitative estimate of drug-likeness (QED) is 0.683. The topological polar surface area (TPSA) is 71.0 Å². The monoisotopic (exact) mass is 282 g/mol. The molecule has 0 saturated heterocycles. The van der Waals surface area contributed by atoms with Crippen LogP contribution in [-0.2, 0) is 16.1 Å². The average molecular weight is 282 g/mol. The lowest BCUT2D eigenvalue weighted by atomic mass is 10.1. The first-order valence-corrected chi connectivity index (χ1v) is 6.37. The van der Waals surface area contributed by atoms with Gasteiger partial charge in [-0.3, -0.25) is 9.69 Å². The van der Waals surface area contributed by atoms with Gasteiger partial charge in [0.05, 0.1) is 20.3 Å². The number of nitrogens with zero attached hydrogens (tertiary/aromatic N) is 1. The van der Waals surface area contributed by atoms with Crippen LogP contribution < -0.4 is 10.1 Å². The van der Waals surface area contributed by atoms with Crippen molar-refractivity contribution in [3.8, 4) is 11.5 Å². The number of phenolic OH excluding ortho intramolecular Hbond substituents is 1. The van der Waals surface area contributed by atoms with Gasteiger partial charge in [-0.1, -0.05) is 12.1 Å². The third-order valence-corrected chi connectivity index (χ3v) is 2.78. The van der Waals surface area contributed by atoms with Crippen LogP contribution in [0.15, 0.2) is 18.2 Å². The number of nitrogens with one attached hydrogen (secondary N) is 1. The molecule has 0 spiro atoms. The molecular formula is C14H22N2O4. The second-order valence-corrected chi connectivity index (χ2v) is 4.48. The number of para-hydroxylation sites is 1. The van der Waals surface area contributed by atoms with Crippen LogP contribution in [0.4, 0.5) is 0 Å². The van der Waals surface area contributed by atoms with Gasteiger partial charge in [0.2, 0.25) is 5.91 Å². The summed E-state index contributed by atoms with van der Waals surface area (Å²) in [5.41, 5.74) is 0.719. The number of methoxy groups -OCH3 is 2. The lowest BCUT2D eigenvalue weighted by Gasteiger charge is -2.17. The molecule has 6 nitrogen and oxygen atoms in total. The molecule has 6 heteroatoms. The van der Waals surface area contributed by atoms with Crippen LogP contribution in [0.3, 0.4) is 0 Å². The van der Waals surface area contributed by atoms with Gasteiger partial charge in [-0.15, -0.1) is 0 Å². The number of phenols is 1. The summed E-state index contributed by atoms with van der Waals surface area (Å²) >= 11 is 0. The van der Waals surface area contributed by atoms with Crippen LogP contribution >= 0.6 is 0 Å². The Labute approximate surface area is 119 Å². The summed E-state index contributed by atoms with van der Waals surface area (Å²) < 4.78 is 9.91. The fourth-order valence-corrected chi connectivity index (χ4v) is 1.80. The standard InChI is InChI=1S/C14H22N2O4/c1-16(10-13(17)15-7-8-19-2)9-11-5-4-6-12(20-3)14(11)18/h4-6,18H,7-10H2,1-3H3,(H,15,17). The number of ether oxygens (including phenoxy) is 2. The third kappa shape index (κ3) is 5.07. The summed E-state index contributed by atoms with van der Waals surface area (Å²) in [4.78, 5) is 13.4. The molecule has 0 radical (unpaired) electrons. The van der Waals surface area contributed by atoms with E-state index in [9.17, 15) is 9.90 Å². The second-order valence-electron chi connectivity index (χ2n) is 4.48. The number of hydrogen-bond acceptors (Lipinski definition) is 5. The Bertz CT molecular complexity index is 437. The van der Waals surface area contributed by atoms with Crippen LogP contribution in [0.1, 0.15) is 5.56 Å². The molecule has 0 aliphatic rings. The van der Waals surface area contributed by atoms with Crippen LogP contribution in [0.2, 0.25) is 0 Å². The highest BCUT2D eigenvalue weighted by Crippen LogP contribution is 2.29. The molecule has 0 aromatic heterocycles. The largest absolute Gasteiger partial charge is 0.504 e. The van der Waals surface area contributed by atoms with Gasteiger partial charge in [0.1, 0.15) is 0 Å². The van der Waals surface area contributed by atoms with Gasteiger partial charge < -0.3 is 19.9 Å². The SMILES string of the molecule is COCCNC(=O)CN(C)Cc1cccc(OC)c1O. The van der Waals surface area contributed by atoms with Crippen LogP contribution in [-0.4, -0.2) is 56.9 Å². The molecule has 1 amide bonds. The van der Waals surface area contributed by atoms with Gasteiger partial charge >= 0.3 is 0 Å². The number of carbonyl (C=O) groups excluding carboxylic acids is 1. The molecule has 1 aromatic carbocycles. The van der Waals surface area contributed by atoms with Crippen LogP contribution in [0.5, 0.6) is 11.5 Å². The smallest absolute Gasteiger partial charge is 0.234 e. The van der Waals surface area contributed by atoms with E-state index in [0.29, 0.717) is 25.4 Å². The Balaban J connectivity index is 2.50. The lowest BCUT2D eigenvalue weighted by molar-refractivity contribution is -0.122. The molecule has 20 heavy (non-hydrogen) atoms. The Morgan fingerprint density at radius 1 is 1.40 bits per heavy atom. The Morgan fingerprint density at radius 3 is 2.80 bits per heavy atom. The molecule has 0 unspecified atom stereocenters.